The van der Waals surface area contributed by atoms with Crippen LogP contribution >= 0.6 is 23.2 Å². The number of hydrogen-bond donors (Lipinski definition) is 0. The molecule has 0 aliphatic carbocycles. The number of benzene rings is 2. The van der Waals surface area contributed by atoms with Crippen molar-refractivity contribution in [2.45, 2.75) is 25.0 Å². The number of halogens is 2. The molecule has 0 saturated carbocycles. The Bertz CT molecular complexity index is 1140. The van der Waals surface area contributed by atoms with Gasteiger partial charge in [-0.3, -0.25) is 0 Å². The molecule has 13 heteroatoms. The van der Waals surface area contributed by atoms with Gasteiger partial charge in [-0.15, -0.1) is 15.2 Å². The number of hydrogen-bond acceptors (Lipinski definition) is 9. The Hall–Kier alpha value is -2.96. The van der Waals surface area contributed by atoms with Crippen molar-refractivity contribution in [2.24, 2.45) is 0 Å². The zero-order chi connectivity index (χ0) is 24.1. The van der Waals surface area contributed by atoms with E-state index in [0.29, 0.717) is 22.2 Å². The summed E-state index contributed by atoms with van der Waals surface area (Å²) < 4.78 is 24.6. The van der Waals surface area contributed by atoms with Gasteiger partial charge in [-0.05, 0) is 29.8 Å². The van der Waals surface area contributed by atoms with E-state index in [4.69, 9.17) is 42.1 Å². The summed E-state index contributed by atoms with van der Waals surface area (Å²) in [6, 6.07) is 12.1. The predicted molar refractivity (Wildman–Crippen MR) is 119 cm³/mol. The van der Waals surface area contributed by atoms with Crippen LogP contribution in [0.3, 0.4) is 0 Å². The summed E-state index contributed by atoms with van der Waals surface area (Å²) in [5, 5.41) is 14.3. The van der Waals surface area contributed by atoms with Crippen LogP contribution in [0.1, 0.15) is 11.1 Å². The van der Waals surface area contributed by atoms with Crippen molar-refractivity contribution in [3.05, 3.63) is 80.1 Å². The maximum Gasteiger partial charge on any atom is 0.327 e. The summed E-state index contributed by atoms with van der Waals surface area (Å²) >= 11 is 12.5. The van der Waals surface area contributed by atoms with Gasteiger partial charge in [0, 0.05) is 10.6 Å². The van der Waals surface area contributed by atoms with Crippen LogP contribution in [0.4, 0.5) is 0 Å². The highest BCUT2D eigenvalue weighted by Crippen LogP contribution is 2.40. The first-order valence-electron chi connectivity index (χ1n) is 10.1. The van der Waals surface area contributed by atoms with Gasteiger partial charge >= 0.3 is 11.1 Å². The molecule has 0 radical (unpaired) electrons. The Labute approximate surface area is 204 Å². The molecule has 1 saturated heterocycles. The Morgan fingerprint density at radius 1 is 1.26 bits per heavy atom. The van der Waals surface area contributed by atoms with Crippen molar-refractivity contribution in [3.63, 3.8) is 0 Å². The minimum atomic E-state index is -1.35. The number of methoxy groups -OCH3 is 1. The van der Waals surface area contributed by atoms with Gasteiger partial charge in [0.1, 0.15) is 24.7 Å². The predicted octanol–water partition coefficient (Wildman–Crippen LogP) is 3.65. The van der Waals surface area contributed by atoms with Crippen molar-refractivity contribution in [1.82, 2.24) is 14.8 Å². The second kappa shape index (κ2) is 10.5. The van der Waals surface area contributed by atoms with Crippen LogP contribution in [0.15, 0.2) is 48.8 Å². The largest absolute Gasteiger partial charge is 0.497 e. The van der Waals surface area contributed by atoms with Crippen molar-refractivity contribution >= 4 is 23.2 Å². The topological polar surface area (TPSA) is 120 Å². The Morgan fingerprint density at radius 2 is 2.06 bits per heavy atom. The fraction of sp³-hybridized carbons (Fsp3) is 0.333. The molecule has 0 amide bonds. The lowest BCUT2D eigenvalue weighted by atomic mass is 10.1. The SMILES string of the molecule is COc1ccc(COCC2COC(Cn3cnc(O[N+](=O)[O-])n3)(c3ccc(Cl)cc3Cl)O2)cc1. The number of ether oxygens (including phenoxy) is 4. The van der Waals surface area contributed by atoms with Crippen LogP contribution in [-0.4, -0.2) is 46.3 Å². The molecule has 0 spiro atoms. The van der Waals surface area contributed by atoms with Gasteiger partial charge in [0.25, 0.3) is 0 Å². The van der Waals surface area contributed by atoms with E-state index in [1.165, 1.54) is 11.0 Å². The van der Waals surface area contributed by atoms with E-state index >= 15 is 0 Å². The minimum Gasteiger partial charge on any atom is -0.497 e. The second-order valence-electron chi connectivity index (χ2n) is 7.33. The highest BCUT2D eigenvalue weighted by atomic mass is 35.5. The Balaban J connectivity index is 1.47. The number of nitrogens with zero attached hydrogens (tertiary/aromatic N) is 4. The summed E-state index contributed by atoms with van der Waals surface area (Å²) in [6.45, 7) is 0.848. The van der Waals surface area contributed by atoms with Crippen molar-refractivity contribution < 1.29 is 28.9 Å². The summed E-state index contributed by atoms with van der Waals surface area (Å²) in [5.41, 5.74) is 1.50. The summed E-state index contributed by atoms with van der Waals surface area (Å²) in [4.78, 5) is 18.6. The molecule has 1 aliphatic rings. The molecule has 1 aliphatic heterocycles. The number of rotatable bonds is 10. The molecule has 0 N–H and O–H groups in total. The van der Waals surface area contributed by atoms with E-state index in [2.05, 4.69) is 14.9 Å². The second-order valence-corrected chi connectivity index (χ2v) is 8.17. The first-order chi connectivity index (χ1) is 16.4. The van der Waals surface area contributed by atoms with E-state index < -0.39 is 23.0 Å². The zero-order valence-electron chi connectivity index (χ0n) is 17.9. The van der Waals surface area contributed by atoms with Crippen LogP contribution < -0.4 is 9.57 Å². The molecule has 2 aromatic carbocycles. The monoisotopic (exact) mass is 510 g/mol. The molecule has 11 nitrogen and oxygen atoms in total. The Morgan fingerprint density at radius 3 is 2.76 bits per heavy atom. The highest BCUT2D eigenvalue weighted by molar-refractivity contribution is 6.35. The fourth-order valence-corrected chi connectivity index (χ4v) is 4.01. The molecule has 1 fully saturated rings. The normalized spacial score (nSPS) is 19.8. The van der Waals surface area contributed by atoms with Crippen LogP contribution in [-0.2, 0) is 33.1 Å². The molecular formula is C21H20Cl2N4O7. The molecule has 2 unspecified atom stereocenters. The zero-order valence-corrected chi connectivity index (χ0v) is 19.4. The standard InChI is InChI=1S/C21H20Cl2N4O7/c1-30-16-5-2-14(3-6-16)9-31-10-17-11-32-21(33-17,18-7-4-15(22)8-19(18)23)12-26-13-24-20(25-26)34-27(28)29/h2-8,13,17H,9-12H2,1H3. The van der Waals surface area contributed by atoms with Gasteiger partial charge in [-0.25, -0.2) is 9.52 Å². The van der Waals surface area contributed by atoms with E-state index in [-0.39, 0.29) is 19.8 Å². The fourth-order valence-electron chi connectivity index (χ4n) is 3.46. The lowest BCUT2D eigenvalue weighted by Gasteiger charge is -2.29. The van der Waals surface area contributed by atoms with E-state index in [9.17, 15) is 10.1 Å². The average molecular weight is 511 g/mol. The average Bonchev–Trinajstić information content (AvgIpc) is 3.41. The summed E-state index contributed by atoms with van der Waals surface area (Å²) in [7, 11) is 1.61. The van der Waals surface area contributed by atoms with Gasteiger partial charge < -0.3 is 18.9 Å². The number of aromatic nitrogens is 3. The molecule has 34 heavy (non-hydrogen) atoms. The minimum absolute atomic E-state index is 0.00257. The van der Waals surface area contributed by atoms with Gasteiger partial charge in [0.05, 0.1) is 32.0 Å². The third kappa shape index (κ3) is 5.75. The lowest BCUT2D eigenvalue weighted by molar-refractivity contribution is -0.713. The van der Waals surface area contributed by atoms with Gasteiger partial charge in [0.15, 0.2) is 0 Å². The van der Waals surface area contributed by atoms with Gasteiger partial charge in [-0.1, -0.05) is 41.4 Å². The van der Waals surface area contributed by atoms with Crippen LogP contribution in [0, 0.1) is 10.1 Å². The third-order valence-electron chi connectivity index (χ3n) is 4.97. The maximum atomic E-state index is 10.6. The summed E-state index contributed by atoms with van der Waals surface area (Å²) in [6.07, 6.45) is 0.855. The quantitative estimate of drug-likeness (QED) is 0.297. The van der Waals surface area contributed by atoms with E-state index in [0.717, 1.165) is 11.3 Å². The first kappa shape index (κ1) is 24.2. The van der Waals surface area contributed by atoms with Crippen LogP contribution in [0.25, 0.3) is 0 Å². The van der Waals surface area contributed by atoms with E-state index in [1.54, 1.807) is 25.3 Å². The van der Waals surface area contributed by atoms with Crippen molar-refractivity contribution in [1.29, 1.82) is 0 Å². The molecule has 1 aromatic heterocycles. The van der Waals surface area contributed by atoms with Gasteiger partial charge in [0.2, 0.25) is 5.79 Å². The lowest BCUT2D eigenvalue weighted by Crippen LogP contribution is -2.35. The van der Waals surface area contributed by atoms with Crippen molar-refractivity contribution in [3.8, 4) is 11.8 Å². The van der Waals surface area contributed by atoms with Crippen LogP contribution in [0.5, 0.6) is 11.8 Å². The Kier molecular flexibility index (Phi) is 7.49. The molecule has 180 valence electrons. The molecule has 4 rings (SSSR count). The molecule has 0 bridgehead atoms. The van der Waals surface area contributed by atoms with E-state index in [1.807, 2.05) is 24.3 Å². The van der Waals surface area contributed by atoms with Gasteiger partial charge in [-0.2, -0.15) is 4.98 Å². The molecular weight excluding hydrogens is 491 g/mol. The molecule has 2 atom stereocenters. The smallest absolute Gasteiger partial charge is 0.327 e. The first-order valence-corrected chi connectivity index (χ1v) is 10.8. The summed E-state index contributed by atoms with van der Waals surface area (Å²) in [5.74, 6) is -0.587. The highest BCUT2D eigenvalue weighted by Gasteiger charge is 2.45. The molecule has 3 aromatic rings. The van der Waals surface area contributed by atoms with Crippen molar-refractivity contribution in [2.75, 3.05) is 20.3 Å². The third-order valence-corrected chi connectivity index (χ3v) is 5.52. The molecule has 2 heterocycles. The van der Waals surface area contributed by atoms with Crippen LogP contribution in [0.2, 0.25) is 10.0 Å². The maximum absolute atomic E-state index is 10.6.